The lowest BCUT2D eigenvalue weighted by molar-refractivity contribution is 0.103. The highest BCUT2D eigenvalue weighted by Gasteiger charge is 2.29. The zero-order valence-electron chi connectivity index (χ0n) is 18.7. The van der Waals surface area contributed by atoms with Crippen molar-refractivity contribution >= 4 is 76.8 Å². The Morgan fingerprint density at radius 1 is 1.06 bits per heavy atom. The molecule has 2 aromatic carbocycles. The van der Waals surface area contributed by atoms with Crippen molar-refractivity contribution in [2.45, 2.75) is 32.9 Å². The summed E-state index contributed by atoms with van der Waals surface area (Å²) in [5, 5.41) is 6.50. The Balaban J connectivity index is 1.44. The number of carbonyl (C=O) groups excluding carboxylic acids is 1. The van der Waals surface area contributed by atoms with Gasteiger partial charge in [-0.15, -0.1) is 34.0 Å². The average molecular weight is 524 g/mol. The summed E-state index contributed by atoms with van der Waals surface area (Å²) in [6, 6.07) is 16.6. The molecular formula is C26H22ClN3OS3. The molecule has 0 radical (unpaired) electrons. The predicted octanol–water partition coefficient (Wildman–Crippen LogP) is 7.91. The van der Waals surface area contributed by atoms with Crippen molar-refractivity contribution in [3.8, 4) is 10.6 Å². The van der Waals surface area contributed by atoms with E-state index in [-0.39, 0.29) is 5.91 Å². The third-order valence-corrected chi connectivity index (χ3v) is 10.2. The van der Waals surface area contributed by atoms with Gasteiger partial charge in [-0.3, -0.25) is 9.69 Å². The maximum absolute atomic E-state index is 13.4. The second-order valence-electron chi connectivity index (χ2n) is 8.70. The topological polar surface area (TPSA) is 45.2 Å². The summed E-state index contributed by atoms with van der Waals surface area (Å²) in [6.07, 6.45) is 0.953. The van der Waals surface area contributed by atoms with Gasteiger partial charge in [0.25, 0.3) is 5.91 Å². The van der Waals surface area contributed by atoms with Gasteiger partial charge >= 0.3 is 0 Å². The van der Waals surface area contributed by atoms with E-state index in [1.807, 2.05) is 42.5 Å². The normalized spacial score (nSPS) is 14.2. The fraction of sp³-hybridized carbons (Fsp3) is 0.231. The molecule has 0 fully saturated rings. The van der Waals surface area contributed by atoms with E-state index < -0.39 is 0 Å². The van der Waals surface area contributed by atoms with Crippen LogP contribution in [0.3, 0.4) is 0 Å². The van der Waals surface area contributed by atoms with Crippen LogP contribution in [0.4, 0.5) is 5.00 Å². The number of amides is 1. The van der Waals surface area contributed by atoms with E-state index in [1.165, 1.54) is 21.8 Å². The molecular weight excluding hydrogens is 502 g/mol. The Morgan fingerprint density at radius 2 is 1.82 bits per heavy atom. The first-order chi connectivity index (χ1) is 16.5. The van der Waals surface area contributed by atoms with Crippen LogP contribution >= 0.6 is 45.6 Å². The van der Waals surface area contributed by atoms with Crippen molar-refractivity contribution in [2.24, 2.45) is 0 Å². The molecule has 1 aliphatic rings. The largest absolute Gasteiger partial charge is 0.312 e. The first-order valence-electron chi connectivity index (χ1n) is 11.2. The summed E-state index contributed by atoms with van der Waals surface area (Å²) in [7, 11) is 0. The summed E-state index contributed by atoms with van der Waals surface area (Å²) in [6.45, 7) is 6.38. The van der Waals surface area contributed by atoms with Gasteiger partial charge in [0.15, 0.2) is 0 Å². The number of fused-ring (bicyclic) bond motifs is 3. The molecule has 172 valence electrons. The summed E-state index contributed by atoms with van der Waals surface area (Å²) in [5.41, 5.74) is 3.39. The fourth-order valence-corrected chi connectivity index (χ4v) is 8.27. The fourth-order valence-electron chi connectivity index (χ4n) is 4.48. The molecule has 0 atom stereocenters. The number of nitrogens with one attached hydrogen (secondary N) is 1. The van der Waals surface area contributed by atoms with Crippen LogP contribution in [0.2, 0.25) is 5.02 Å². The second-order valence-corrected chi connectivity index (χ2v) is 12.3. The Bertz CT molecular complexity index is 1510. The molecule has 5 aromatic rings. The van der Waals surface area contributed by atoms with Gasteiger partial charge in [0.05, 0.1) is 15.2 Å². The Labute approximate surface area is 214 Å². The van der Waals surface area contributed by atoms with Gasteiger partial charge in [0.2, 0.25) is 0 Å². The van der Waals surface area contributed by atoms with Crippen molar-refractivity contribution in [1.29, 1.82) is 0 Å². The highest BCUT2D eigenvalue weighted by Crippen LogP contribution is 2.46. The second kappa shape index (κ2) is 8.73. The maximum atomic E-state index is 13.4. The number of carbonyl (C=O) groups is 1. The molecule has 4 nitrogen and oxygen atoms in total. The van der Waals surface area contributed by atoms with Crippen LogP contribution in [0.15, 0.2) is 48.5 Å². The predicted molar refractivity (Wildman–Crippen MR) is 147 cm³/mol. The van der Waals surface area contributed by atoms with E-state index in [0.29, 0.717) is 15.9 Å². The van der Waals surface area contributed by atoms with E-state index in [9.17, 15) is 4.79 Å². The van der Waals surface area contributed by atoms with Crippen molar-refractivity contribution in [2.75, 3.05) is 11.9 Å². The molecule has 0 unspecified atom stereocenters. The lowest BCUT2D eigenvalue weighted by Crippen LogP contribution is -2.35. The third kappa shape index (κ3) is 3.76. The molecule has 8 heteroatoms. The highest BCUT2D eigenvalue weighted by molar-refractivity contribution is 7.23. The number of halogens is 1. The molecule has 0 saturated carbocycles. The van der Waals surface area contributed by atoms with Crippen LogP contribution in [-0.2, 0) is 13.0 Å². The summed E-state index contributed by atoms with van der Waals surface area (Å²) in [4.78, 5) is 22.7. The molecule has 0 spiro atoms. The number of rotatable bonds is 4. The van der Waals surface area contributed by atoms with Crippen LogP contribution in [0.25, 0.3) is 30.9 Å². The lowest BCUT2D eigenvalue weighted by atomic mass is 10.0. The van der Waals surface area contributed by atoms with E-state index in [1.54, 1.807) is 22.7 Å². The SMILES string of the molecule is CC(C)N1CCc2c(sc(NC(=O)c3sc4ccccc4c3Cl)c2-c2nc3ccccc3s2)C1. The quantitative estimate of drug-likeness (QED) is 0.260. The number of thiophene rings is 2. The number of nitrogens with zero attached hydrogens (tertiary/aromatic N) is 2. The minimum atomic E-state index is -0.159. The number of para-hydroxylation sites is 1. The van der Waals surface area contributed by atoms with Gasteiger partial charge < -0.3 is 5.32 Å². The number of anilines is 1. The first kappa shape index (κ1) is 22.2. The van der Waals surface area contributed by atoms with Crippen molar-refractivity contribution < 1.29 is 4.79 Å². The van der Waals surface area contributed by atoms with E-state index in [2.05, 4.69) is 30.1 Å². The van der Waals surface area contributed by atoms with Gasteiger partial charge in [-0.1, -0.05) is 41.9 Å². The maximum Gasteiger partial charge on any atom is 0.267 e. The average Bonchev–Trinajstić information content (AvgIpc) is 3.51. The van der Waals surface area contributed by atoms with Crippen LogP contribution in [0.1, 0.15) is 34.0 Å². The van der Waals surface area contributed by atoms with Crippen LogP contribution in [0, 0.1) is 0 Å². The molecule has 34 heavy (non-hydrogen) atoms. The molecule has 6 rings (SSSR count). The smallest absolute Gasteiger partial charge is 0.267 e. The first-order valence-corrected chi connectivity index (χ1v) is 14.0. The van der Waals surface area contributed by atoms with Gasteiger partial charge in [-0.05, 0) is 44.0 Å². The molecule has 0 aliphatic carbocycles. The Kier molecular flexibility index (Phi) is 5.70. The van der Waals surface area contributed by atoms with Gasteiger partial charge in [-0.2, -0.15) is 0 Å². The van der Waals surface area contributed by atoms with Gasteiger partial charge in [0.1, 0.15) is 14.9 Å². The van der Waals surface area contributed by atoms with Crippen molar-refractivity contribution in [1.82, 2.24) is 9.88 Å². The lowest BCUT2D eigenvalue weighted by Gasteiger charge is -2.30. The summed E-state index contributed by atoms with van der Waals surface area (Å²) >= 11 is 11.4. The zero-order chi connectivity index (χ0) is 23.4. The van der Waals surface area contributed by atoms with Gasteiger partial charge in [0, 0.05) is 39.7 Å². The van der Waals surface area contributed by atoms with Crippen molar-refractivity contribution in [3.05, 3.63) is 68.9 Å². The molecule has 0 bridgehead atoms. The Morgan fingerprint density at radius 3 is 2.59 bits per heavy atom. The zero-order valence-corrected chi connectivity index (χ0v) is 21.9. The number of thiazole rings is 1. The Hall–Kier alpha value is -2.29. The minimum Gasteiger partial charge on any atom is -0.312 e. The number of hydrogen-bond acceptors (Lipinski definition) is 6. The van der Waals surface area contributed by atoms with E-state index in [4.69, 9.17) is 16.6 Å². The number of aromatic nitrogens is 1. The van der Waals surface area contributed by atoms with Crippen LogP contribution < -0.4 is 5.32 Å². The van der Waals surface area contributed by atoms with Crippen LogP contribution in [-0.4, -0.2) is 28.4 Å². The molecule has 1 aliphatic heterocycles. The highest BCUT2D eigenvalue weighted by atomic mass is 35.5. The molecule has 3 aromatic heterocycles. The monoisotopic (exact) mass is 523 g/mol. The summed E-state index contributed by atoms with van der Waals surface area (Å²) < 4.78 is 2.17. The summed E-state index contributed by atoms with van der Waals surface area (Å²) in [5.74, 6) is -0.159. The van der Waals surface area contributed by atoms with Crippen molar-refractivity contribution in [3.63, 3.8) is 0 Å². The number of benzene rings is 2. The van der Waals surface area contributed by atoms with E-state index in [0.717, 1.165) is 55.4 Å². The molecule has 4 heterocycles. The number of hydrogen-bond donors (Lipinski definition) is 1. The minimum absolute atomic E-state index is 0.159. The van der Waals surface area contributed by atoms with E-state index >= 15 is 0 Å². The van der Waals surface area contributed by atoms with Crippen LogP contribution in [0.5, 0.6) is 0 Å². The third-order valence-electron chi connectivity index (χ3n) is 6.29. The standard InChI is InChI=1S/C26H22ClN3OS3/c1-14(2)30-12-11-15-20(13-30)34-26(21(15)25-28-17-8-4-6-10-19(17)33-25)29-24(31)23-22(27)16-7-3-5-9-18(16)32-23/h3-10,14H,11-13H2,1-2H3,(H,29,31). The molecule has 1 N–H and O–H groups in total. The molecule has 0 saturated heterocycles. The van der Waals surface area contributed by atoms with Gasteiger partial charge in [-0.25, -0.2) is 4.98 Å². The molecule has 1 amide bonds.